The summed E-state index contributed by atoms with van der Waals surface area (Å²) in [7, 11) is -1.55. The fraction of sp³-hybridized carbons (Fsp3) is 0.316. The third-order valence-corrected chi connectivity index (χ3v) is 5.11. The van der Waals surface area contributed by atoms with Crippen molar-refractivity contribution in [2.45, 2.75) is 18.6 Å². The largest absolute Gasteiger partial charge is 0.495 e. The molecule has 3 rings (SSSR count). The zero-order valence-corrected chi connectivity index (χ0v) is 15.2. The van der Waals surface area contributed by atoms with Crippen LogP contribution in [0, 0.1) is 0 Å². The van der Waals surface area contributed by atoms with Crippen LogP contribution in [0.4, 0.5) is 5.69 Å². The van der Waals surface area contributed by atoms with Gasteiger partial charge in [-0.25, -0.2) is 8.42 Å². The number of benzene rings is 2. The number of carbonyl (C=O) groups is 1. The molecule has 1 aliphatic rings. The number of para-hydroxylation sites is 1. The molecule has 25 heavy (non-hydrogen) atoms. The average molecular weight is 359 g/mol. The van der Waals surface area contributed by atoms with Crippen molar-refractivity contribution >= 4 is 21.4 Å². The van der Waals surface area contributed by atoms with E-state index in [1.54, 1.807) is 36.3 Å². The first-order chi connectivity index (χ1) is 11.9. The van der Waals surface area contributed by atoms with E-state index in [1.807, 2.05) is 18.2 Å². The quantitative estimate of drug-likeness (QED) is 0.842. The highest BCUT2D eigenvalue weighted by Gasteiger charge is 2.26. The van der Waals surface area contributed by atoms with E-state index in [0.29, 0.717) is 23.4 Å². The zero-order valence-electron chi connectivity index (χ0n) is 14.4. The van der Waals surface area contributed by atoms with Crippen molar-refractivity contribution in [2.24, 2.45) is 0 Å². The van der Waals surface area contributed by atoms with Gasteiger partial charge in [0.05, 0.1) is 18.6 Å². The summed E-state index contributed by atoms with van der Waals surface area (Å²) >= 11 is 0. The van der Waals surface area contributed by atoms with Gasteiger partial charge in [0.1, 0.15) is 5.75 Å². The lowest BCUT2D eigenvalue weighted by Gasteiger charge is -2.31. The predicted molar refractivity (Wildman–Crippen MR) is 98.0 cm³/mol. The molecule has 0 radical (unpaired) electrons. The monoisotopic (exact) mass is 359 g/mol. The minimum atomic E-state index is -3.15. The van der Waals surface area contributed by atoms with Crippen LogP contribution in [0.1, 0.15) is 27.9 Å². The van der Waals surface area contributed by atoms with Crippen LogP contribution >= 0.6 is 0 Å². The van der Waals surface area contributed by atoms with Crippen LogP contribution in [0.3, 0.4) is 0 Å². The Morgan fingerprint density at radius 2 is 1.96 bits per heavy atom. The second-order valence-corrected chi connectivity index (χ2v) is 8.44. The molecule has 2 aromatic rings. The molecule has 1 aliphatic heterocycles. The van der Waals surface area contributed by atoms with E-state index in [1.165, 1.54) is 6.26 Å². The van der Waals surface area contributed by atoms with Gasteiger partial charge < -0.3 is 9.64 Å². The third kappa shape index (κ3) is 3.85. The number of rotatable bonds is 4. The lowest BCUT2D eigenvalue weighted by Crippen LogP contribution is -2.35. The number of sulfone groups is 1. The van der Waals surface area contributed by atoms with Gasteiger partial charge in [-0.1, -0.05) is 24.3 Å². The van der Waals surface area contributed by atoms with Gasteiger partial charge in [0.15, 0.2) is 9.84 Å². The minimum Gasteiger partial charge on any atom is -0.495 e. The second kappa shape index (κ2) is 6.88. The number of amides is 1. The van der Waals surface area contributed by atoms with Crippen molar-refractivity contribution < 1.29 is 17.9 Å². The van der Waals surface area contributed by atoms with Crippen LogP contribution in [0.25, 0.3) is 0 Å². The van der Waals surface area contributed by atoms with E-state index in [9.17, 15) is 13.2 Å². The summed E-state index contributed by atoms with van der Waals surface area (Å²) in [5, 5.41) is 0. The van der Waals surface area contributed by atoms with Crippen molar-refractivity contribution in [3.63, 3.8) is 0 Å². The SMILES string of the molecule is COc1cccc2c1N(C(=O)c1cccc(CS(C)(=O)=O)c1)CCC2. The Bertz CT molecular complexity index is 891. The Morgan fingerprint density at radius 1 is 1.20 bits per heavy atom. The van der Waals surface area contributed by atoms with Crippen molar-refractivity contribution in [2.75, 3.05) is 24.8 Å². The van der Waals surface area contributed by atoms with E-state index < -0.39 is 9.84 Å². The Balaban J connectivity index is 1.97. The van der Waals surface area contributed by atoms with Gasteiger partial charge in [0.25, 0.3) is 5.91 Å². The van der Waals surface area contributed by atoms with Crippen LogP contribution in [0.5, 0.6) is 5.75 Å². The standard InChI is InChI=1S/C19H21NO4S/c1-24-17-10-4-7-15-9-5-11-20(18(15)17)19(21)16-8-3-6-14(12-16)13-25(2,22)23/h3-4,6-8,10,12H,5,9,11,13H2,1-2H3. The van der Waals surface area contributed by atoms with Gasteiger partial charge in [-0.05, 0) is 42.2 Å². The minimum absolute atomic E-state index is 0.0754. The maximum Gasteiger partial charge on any atom is 0.258 e. The number of nitrogens with zero attached hydrogens (tertiary/aromatic N) is 1. The van der Waals surface area contributed by atoms with Crippen molar-refractivity contribution in [1.29, 1.82) is 0 Å². The molecule has 0 atom stereocenters. The molecule has 0 aliphatic carbocycles. The van der Waals surface area contributed by atoms with Crippen LogP contribution in [0.2, 0.25) is 0 Å². The van der Waals surface area contributed by atoms with Crippen molar-refractivity contribution in [1.82, 2.24) is 0 Å². The number of carbonyl (C=O) groups excluding carboxylic acids is 1. The number of aryl methyl sites for hydroxylation is 1. The van der Waals surface area contributed by atoms with E-state index in [4.69, 9.17) is 4.74 Å². The summed E-state index contributed by atoms with van der Waals surface area (Å²) in [4.78, 5) is 14.8. The van der Waals surface area contributed by atoms with Gasteiger partial charge in [-0.2, -0.15) is 0 Å². The molecule has 0 aromatic heterocycles. The first-order valence-electron chi connectivity index (χ1n) is 8.13. The van der Waals surface area contributed by atoms with E-state index in [0.717, 1.165) is 24.1 Å². The molecule has 132 valence electrons. The second-order valence-electron chi connectivity index (χ2n) is 6.30. The highest BCUT2D eigenvalue weighted by Crippen LogP contribution is 2.37. The van der Waals surface area contributed by atoms with Crippen LogP contribution in [-0.2, 0) is 22.0 Å². The van der Waals surface area contributed by atoms with E-state index in [-0.39, 0.29) is 11.7 Å². The van der Waals surface area contributed by atoms with Gasteiger partial charge in [0.2, 0.25) is 0 Å². The number of anilines is 1. The van der Waals surface area contributed by atoms with Gasteiger partial charge >= 0.3 is 0 Å². The highest BCUT2D eigenvalue weighted by molar-refractivity contribution is 7.89. The Hall–Kier alpha value is -2.34. The Labute approximate surface area is 148 Å². The first kappa shape index (κ1) is 17.5. The zero-order chi connectivity index (χ0) is 18.0. The topological polar surface area (TPSA) is 63.7 Å². The molecule has 2 aromatic carbocycles. The molecule has 5 nitrogen and oxygen atoms in total. The molecule has 1 amide bonds. The van der Waals surface area contributed by atoms with Gasteiger partial charge in [0, 0.05) is 18.4 Å². The van der Waals surface area contributed by atoms with Crippen LogP contribution in [-0.4, -0.2) is 34.2 Å². The normalized spacial score (nSPS) is 14.1. The highest BCUT2D eigenvalue weighted by atomic mass is 32.2. The Kier molecular flexibility index (Phi) is 4.81. The molecule has 6 heteroatoms. The average Bonchev–Trinajstić information content (AvgIpc) is 2.58. The van der Waals surface area contributed by atoms with Crippen LogP contribution < -0.4 is 9.64 Å². The van der Waals surface area contributed by atoms with Crippen molar-refractivity contribution in [3.8, 4) is 5.75 Å². The smallest absolute Gasteiger partial charge is 0.258 e. The van der Waals surface area contributed by atoms with Gasteiger partial charge in [-0.3, -0.25) is 4.79 Å². The molecule has 0 unspecified atom stereocenters. The summed E-state index contributed by atoms with van der Waals surface area (Å²) < 4.78 is 28.5. The maximum absolute atomic E-state index is 13.1. The summed E-state index contributed by atoms with van der Waals surface area (Å²) in [6.07, 6.45) is 2.98. The van der Waals surface area contributed by atoms with E-state index in [2.05, 4.69) is 0 Å². The predicted octanol–water partition coefficient (Wildman–Crippen LogP) is 2.83. The molecular formula is C19H21NO4S. The molecule has 0 spiro atoms. The molecule has 0 bridgehead atoms. The number of ether oxygens (including phenoxy) is 1. The molecule has 0 fully saturated rings. The summed E-state index contributed by atoms with van der Waals surface area (Å²) in [5.41, 5.74) is 3.01. The number of hydrogen-bond acceptors (Lipinski definition) is 4. The molecule has 0 saturated heterocycles. The fourth-order valence-corrected chi connectivity index (χ4v) is 4.02. The van der Waals surface area contributed by atoms with Gasteiger partial charge in [-0.15, -0.1) is 0 Å². The first-order valence-corrected chi connectivity index (χ1v) is 10.2. The maximum atomic E-state index is 13.1. The Morgan fingerprint density at radius 3 is 2.68 bits per heavy atom. The summed E-state index contributed by atoms with van der Waals surface area (Å²) in [6.45, 7) is 0.614. The van der Waals surface area contributed by atoms with E-state index >= 15 is 0 Å². The van der Waals surface area contributed by atoms with Crippen LogP contribution in [0.15, 0.2) is 42.5 Å². The third-order valence-electron chi connectivity index (χ3n) is 4.25. The summed E-state index contributed by atoms with van der Waals surface area (Å²) in [6, 6.07) is 12.6. The fourth-order valence-electron chi connectivity index (χ4n) is 3.24. The number of hydrogen-bond donors (Lipinski definition) is 0. The molecule has 0 saturated carbocycles. The lowest BCUT2D eigenvalue weighted by atomic mass is 9.99. The van der Waals surface area contributed by atoms with Crippen molar-refractivity contribution in [3.05, 3.63) is 59.2 Å². The molecule has 1 heterocycles. The summed E-state index contributed by atoms with van der Waals surface area (Å²) in [5.74, 6) is 0.465. The molecule has 0 N–H and O–H groups in total. The number of methoxy groups -OCH3 is 1. The number of fused-ring (bicyclic) bond motifs is 1. The molecular weight excluding hydrogens is 338 g/mol. The lowest BCUT2D eigenvalue weighted by molar-refractivity contribution is 0.0984.